The molecule has 0 saturated carbocycles. The molecule has 0 unspecified atom stereocenters. The third kappa shape index (κ3) is 3.77. The average Bonchev–Trinajstić information content (AvgIpc) is 3.18. The molecule has 4 rings (SSSR count). The first-order chi connectivity index (χ1) is 14.9. The summed E-state index contributed by atoms with van der Waals surface area (Å²) >= 11 is 0. The molecule has 31 heavy (non-hydrogen) atoms. The number of aryl methyl sites for hydroxylation is 1. The topological polar surface area (TPSA) is 101 Å². The lowest BCUT2D eigenvalue weighted by Gasteiger charge is -2.17. The molecule has 1 aliphatic rings. The lowest BCUT2D eigenvalue weighted by atomic mass is 9.99. The van der Waals surface area contributed by atoms with Gasteiger partial charge in [-0.15, -0.1) is 0 Å². The van der Waals surface area contributed by atoms with E-state index >= 15 is 0 Å². The number of nitrogens with zero attached hydrogens (tertiary/aromatic N) is 1. The summed E-state index contributed by atoms with van der Waals surface area (Å²) in [4.78, 5) is 28.6. The zero-order chi connectivity index (χ0) is 22.1. The SMILES string of the molecule is Cc1c[nH]c(=O)c(C(=N)c2ccc(N3CCNC3=O)cc2)c1Nc1c(F)cccc1F. The number of hydrogen-bond donors (Lipinski definition) is 4. The van der Waals surface area contributed by atoms with E-state index < -0.39 is 22.9 Å². The van der Waals surface area contributed by atoms with Gasteiger partial charge < -0.3 is 15.6 Å². The molecule has 9 heteroatoms. The van der Waals surface area contributed by atoms with Crippen LogP contribution in [0, 0.1) is 24.0 Å². The zero-order valence-electron chi connectivity index (χ0n) is 16.6. The van der Waals surface area contributed by atoms with Crippen LogP contribution in [0.5, 0.6) is 0 Å². The first-order valence-electron chi connectivity index (χ1n) is 9.55. The summed E-state index contributed by atoms with van der Waals surface area (Å²) in [6, 6.07) is 9.86. The fourth-order valence-electron chi connectivity index (χ4n) is 3.44. The number of aromatic amines is 1. The summed E-state index contributed by atoms with van der Waals surface area (Å²) in [7, 11) is 0. The molecule has 1 fully saturated rings. The number of para-hydroxylation sites is 1. The number of amides is 2. The normalized spacial score (nSPS) is 13.3. The molecule has 0 aliphatic carbocycles. The largest absolute Gasteiger partial charge is 0.350 e. The van der Waals surface area contributed by atoms with E-state index in [1.807, 2.05) is 0 Å². The van der Waals surface area contributed by atoms with E-state index in [0.29, 0.717) is 29.9 Å². The fraction of sp³-hybridized carbons (Fsp3) is 0.136. The third-order valence-electron chi connectivity index (χ3n) is 5.08. The van der Waals surface area contributed by atoms with Crippen LogP contribution in [0.25, 0.3) is 0 Å². The number of H-pyrrole nitrogens is 1. The summed E-state index contributed by atoms with van der Waals surface area (Å²) in [5, 5.41) is 14.0. The third-order valence-corrected chi connectivity index (χ3v) is 5.08. The molecule has 0 atom stereocenters. The van der Waals surface area contributed by atoms with Gasteiger partial charge in [0.25, 0.3) is 5.56 Å². The Morgan fingerprint density at radius 1 is 1.06 bits per heavy atom. The molecule has 0 radical (unpaired) electrons. The Hall–Kier alpha value is -4.01. The Morgan fingerprint density at radius 3 is 2.35 bits per heavy atom. The minimum atomic E-state index is -0.814. The standard InChI is InChI=1S/C22H19F2N5O2/c1-12-11-27-21(30)17(19(12)28-20-15(23)3-2-4-16(20)24)18(25)13-5-7-14(8-6-13)29-10-9-26-22(29)31/h2-8,11,25H,9-10H2,1H3,(H,26,31)(H2,27,28,30). The predicted molar refractivity (Wildman–Crippen MR) is 115 cm³/mol. The molecule has 4 N–H and O–H groups in total. The second kappa shape index (κ2) is 8.02. The lowest BCUT2D eigenvalue weighted by molar-refractivity contribution is 0.252. The van der Waals surface area contributed by atoms with Crippen LogP contribution in [0.3, 0.4) is 0 Å². The number of nitrogens with one attached hydrogen (secondary N) is 4. The van der Waals surface area contributed by atoms with Crippen LogP contribution < -0.4 is 21.1 Å². The summed E-state index contributed by atoms with van der Waals surface area (Å²) in [5.74, 6) is -1.63. The fourth-order valence-corrected chi connectivity index (χ4v) is 3.44. The van der Waals surface area contributed by atoms with E-state index in [1.54, 1.807) is 36.1 Å². The van der Waals surface area contributed by atoms with Gasteiger partial charge >= 0.3 is 6.03 Å². The van der Waals surface area contributed by atoms with E-state index in [4.69, 9.17) is 5.41 Å². The van der Waals surface area contributed by atoms with Crippen LogP contribution in [-0.2, 0) is 0 Å². The van der Waals surface area contributed by atoms with Crippen molar-refractivity contribution in [3.05, 3.63) is 87.3 Å². The van der Waals surface area contributed by atoms with Crippen molar-refractivity contribution in [2.45, 2.75) is 6.92 Å². The molecule has 1 aromatic heterocycles. The Balaban J connectivity index is 1.72. The van der Waals surface area contributed by atoms with E-state index in [1.165, 1.54) is 12.3 Å². The number of hydrogen-bond acceptors (Lipinski definition) is 4. The molecule has 7 nitrogen and oxygen atoms in total. The number of pyridine rings is 1. The van der Waals surface area contributed by atoms with Crippen molar-refractivity contribution < 1.29 is 13.6 Å². The highest BCUT2D eigenvalue weighted by atomic mass is 19.1. The quantitative estimate of drug-likeness (QED) is 0.471. The second-order valence-corrected chi connectivity index (χ2v) is 7.08. The molecule has 3 aromatic rings. The number of carbonyl (C=O) groups excluding carboxylic acids is 1. The Morgan fingerprint density at radius 2 is 1.74 bits per heavy atom. The van der Waals surface area contributed by atoms with E-state index in [9.17, 15) is 18.4 Å². The maximum Gasteiger partial charge on any atom is 0.321 e. The smallest absolute Gasteiger partial charge is 0.321 e. The molecular formula is C22H19F2N5O2. The molecule has 2 heterocycles. The molecule has 158 valence electrons. The van der Waals surface area contributed by atoms with Gasteiger partial charge in [0.1, 0.15) is 17.3 Å². The molecule has 0 spiro atoms. The van der Waals surface area contributed by atoms with Crippen LogP contribution in [0.1, 0.15) is 16.7 Å². The van der Waals surface area contributed by atoms with Crippen molar-refractivity contribution in [2.24, 2.45) is 0 Å². The number of anilines is 3. The van der Waals surface area contributed by atoms with Gasteiger partial charge in [0.05, 0.1) is 17.0 Å². The highest BCUT2D eigenvalue weighted by molar-refractivity contribution is 6.14. The maximum absolute atomic E-state index is 14.2. The minimum Gasteiger partial charge on any atom is -0.350 e. The van der Waals surface area contributed by atoms with Crippen LogP contribution >= 0.6 is 0 Å². The van der Waals surface area contributed by atoms with Crippen LogP contribution in [0.2, 0.25) is 0 Å². The molecule has 2 aromatic carbocycles. The lowest BCUT2D eigenvalue weighted by Crippen LogP contribution is -2.27. The van der Waals surface area contributed by atoms with Gasteiger partial charge in [-0.3, -0.25) is 15.1 Å². The van der Waals surface area contributed by atoms with Crippen molar-refractivity contribution >= 4 is 28.8 Å². The average molecular weight is 423 g/mol. The zero-order valence-corrected chi connectivity index (χ0v) is 16.6. The van der Waals surface area contributed by atoms with Crippen LogP contribution in [0.15, 0.2) is 53.5 Å². The van der Waals surface area contributed by atoms with Gasteiger partial charge in [-0.2, -0.15) is 0 Å². The number of rotatable bonds is 5. The van der Waals surface area contributed by atoms with E-state index in [-0.39, 0.29) is 23.0 Å². The van der Waals surface area contributed by atoms with E-state index in [2.05, 4.69) is 15.6 Å². The van der Waals surface area contributed by atoms with Gasteiger partial charge in [0.15, 0.2) is 0 Å². The van der Waals surface area contributed by atoms with Crippen LogP contribution in [-0.4, -0.2) is 29.8 Å². The molecule has 0 bridgehead atoms. The number of aromatic nitrogens is 1. The summed E-state index contributed by atoms with van der Waals surface area (Å²) < 4.78 is 28.3. The van der Waals surface area contributed by atoms with Gasteiger partial charge in [-0.05, 0) is 36.8 Å². The molecular weight excluding hydrogens is 404 g/mol. The Kier molecular flexibility index (Phi) is 5.24. The number of benzene rings is 2. The van der Waals surface area contributed by atoms with Crippen LogP contribution in [0.4, 0.5) is 30.6 Å². The molecule has 1 saturated heterocycles. The van der Waals surface area contributed by atoms with Crippen molar-refractivity contribution in [1.29, 1.82) is 5.41 Å². The molecule has 1 aliphatic heterocycles. The summed E-state index contributed by atoms with van der Waals surface area (Å²) in [6.45, 7) is 2.75. The van der Waals surface area contributed by atoms with Gasteiger partial charge in [-0.1, -0.05) is 18.2 Å². The monoisotopic (exact) mass is 423 g/mol. The highest BCUT2D eigenvalue weighted by Gasteiger charge is 2.22. The van der Waals surface area contributed by atoms with E-state index in [0.717, 1.165) is 12.1 Å². The maximum atomic E-state index is 14.2. The Bertz CT molecular complexity index is 1220. The number of halogens is 2. The first kappa shape index (κ1) is 20.3. The van der Waals surface area contributed by atoms with Crippen molar-refractivity contribution in [3.63, 3.8) is 0 Å². The predicted octanol–water partition coefficient (Wildman–Crippen LogP) is 3.65. The van der Waals surface area contributed by atoms with Crippen molar-refractivity contribution in [2.75, 3.05) is 23.3 Å². The van der Waals surface area contributed by atoms with Gasteiger partial charge in [0.2, 0.25) is 0 Å². The Labute approximate surface area is 176 Å². The van der Waals surface area contributed by atoms with Crippen molar-refractivity contribution in [1.82, 2.24) is 10.3 Å². The summed E-state index contributed by atoms with van der Waals surface area (Å²) in [5.41, 5.74) is 0.579. The van der Waals surface area contributed by atoms with Gasteiger partial charge in [0, 0.05) is 30.5 Å². The highest BCUT2D eigenvalue weighted by Crippen LogP contribution is 2.28. The number of urea groups is 1. The number of carbonyl (C=O) groups is 1. The van der Waals surface area contributed by atoms with Crippen molar-refractivity contribution in [3.8, 4) is 0 Å². The first-order valence-corrected chi connectivity index (χ1v) is 9.55. The minimum absolute atomic E-state index is 0.0469. The molecule has 2 amide bonds. The second-order valence-electron chi connectivity index (χ2n) is 7.08. The summed E-state index contributed by atoms with van der Waals surface area (Å²) in [6.07, 6.45) is 1.41. The van der Waals surface area contributed by atoms with Gasteiger partial charge in [-0.25, -0.2) is 13.6 Å².